The monoisotopic (exact) mass is 520 g/mol. The first-order valence-corrected chi connectivity index (χ1v) is 13.9. The van der Waals surface area contributed by atoms with E-state index in [0.29, 0.717) is 23.5 Å². The zero-order chi connectivity index (χ0) is 27.1. The number of hydrogen-bond acceptors (Lipinski definition) is 5. The van der Waals surface area contributed by atoms with Gasteiger partial charge < -0.3 is 20.4 Å². The van der Waals surface area contributed by atoms with E-state index in [9.17, 15) is 19.8 Å². The molecule has 3 fully saturated rings. The van der Waals surface area contributed by atoms with Crippen molar-refractivity contribution in [2.24, 2.45) is 33.7 Å². The van der Waals surface area contributed by atoms with E-state index in [1.807, 2.05) is 43.3 Å². The Morgan fingerprint density at radius 1 is 1.11 bits per heavy atom. The van der Waals surface area contributed by atoms with Gasteiger partial charge in [-0.15, -0.1) is 0 Å². The van der Waals surface area contributed by atoms with Crippen molar-refractivity contribution in [3.05, 3.63) is 59.7 Å². The summed E-state index contributed by atoms with van der Waals surface area (Å²) < 4.78 is 0. The van der Waals surface area contributed by atoms with E-state index in [0.717, 1.165) is 44.1 Å². The number of aliphatic carboxylic acids is 1. The van der Waals surface area contributed by atoms with Gasteiger partial charge in [-0.1, -0.05) is 61.0 Å². The second-order valence-corrected chi connectivity index (χ2v) is 12.4. The van der Waals surface area contributed by atoms with Crippen molar-refractivity contribution in [2.45, 2.75) is 77.4 Å². The molecule has 0 saturated heterocycles. The van der Waals surface area contributed by atoms with Gasteiger partial charge in [-0.2, -0.15) is 0 Å². The summed E-state index contributed by atoms with van der Waals surface area (Å²) in [7, 11) is 0. The van der Waals surface area contributed by atoms with Crippen LogP contribution in [-0.2, 0) is 20.8 Å². The summed E-state index contributed by atoms with van der Waals surface area (Å²) in [4.78, 5) is 29.3. The number of carboxylic acid groups (broad SMARTS) is 1. The van der Waals surface area contributed by atoms with Crippen LogP contribution >= 0.6 is 0 Å². The molecule has 38 heavy (non-hydrogen) atoms. The minimum Gasteiger partial charge on any atom is -0.480 e. The van der Waals surface area contributed by atoms with E-state index in [4.69, 9.17) is 4.84 Å². The summed E-state index contributed by atoms with van der Waals surface area (Å²) >= 11 is 0. The van der Waals surface area contributed by atoms with Crippen molar-refractivity contribution < 1.29 is 24.6 Å². The number of rotatable bonds is 7. The van der Waals surface area contributed by atoms with Crippen LogP contribution in [0.5, 0.6) is 0 Å². The molecule has 4 aliphatic rings. The molecule has 1 aromatic carbocycles. The Balaban J connectivity index is 1.19. The minimum atomic E-state index is -1.09. The number of benzene rings is 1. The Morgan fingerprint density at radius 3 is 2.58 bits per heavy atom. The number of hydrogen-bond donors (Lipinski definition) is 3. The molecule has 7 heteroatoms. The van der Waals surface area contributed by atoms with Crippen molar-refractivity contribution in [2.75, 3.05) is 6.61 Å². The molecular weight excluding hydrogens is 480 g/mol. The first kappa shape index (κ1) is 26.7. The molecule has 7 nitrogen and oxygen atoms in total. The van der Waals surface area contributed by atoms with E-state index in [1.165, 1.54) is 5.57 Å². The molecule has 0 aromatic heterocycles. The molecule has 3 saturated carbocycles. The number of amides is 1. The fraction of sp³-hybridized carbons (Fsp3) is 0.581. The lowest BCUT2D eigenvalue weighted by Crippen LogP contribution is -2.53. The van der Waals surface area contributed by atoms with Gasteiger partial charge in [0, 0.05) is 11.8 Å². The second-order valence-electron chi connectivity index (χ2n) is 12.4. The lowest BCUT2D eigenvalue weighted by atomic mass is 9.47. The standard InChI is InChI=1S/C31H40N2O5/c1-29-14-11-22(33-38-19-27(34)32-26(28(35)36)17-20-7-5-4-6-8-20)18-21(29)9-10-23-24(29)12-15-30(2)25(23)13-16-31(30,3)37/h4-8,11,14,18,23-26,37H,9-10,12-13,15-17,19H2,1-3H3,(H,32,34)(H,35,36)/b33-22-/t23-,24-,25-,26-,29+,30+,31+/m1/s1. The average molecular weight is 521 g/mol. The maximum absolute atomic E-state index is 12.4. The Bertz CT molecular complexity index is 1170. The molecule has 7 atom stereocenters. The van der Waals surface area contributed by atoms with Crippen LogP contribution < -0.4 is 5.32 Å². The number of oxime groups is 1. The summed E-state index contributed by atoms with van der Waals surface area (Å²) in [5.74, 6) is 0.125. The fourth-order valence-electron chi connectivity index (χ4n) is 7.96. The molecule has 204 valence electrons. The number of allylic oxidation sites excluding steroid dienone is 4. The van der Waals surface area contributed by atoms with E-state index < -0.39 is 23.5 Å². The molecule has 0 unspecified atom stereocenters. The molecule has 0 aliphatic heterocycles. The van der Waals surface area contributed by atoms with Gasteiger partial charge in [-0.3, -0.25) is 4.79 Å². The van der Waals surface area contributed by atoms with Crippen molar-refractivity contribution in [1.82, 2.24) is 5.32 Å². The molecule has 1 aromatic rings. The zero-order valence-corrected chi connectivity index (χ0v) is 22.7. The molecule has 5 rings (SSSR count). The van der Waals surface area contributed by atoms with Crippen molar-refractivity contribution >= 4 is 17.6 Å². The Morgan fingerprint density at radius 2 is 1.84 bits per heavy atom. The first-order valence-electron chi connectivity index (χ1n) is 13.9. The quantitative estimate of drug-likeness (QED) is 0.453. The maximum atomic E-state index is 12.4. The first-order chi connectivity index (χ1) is 18.0. The smallest absolute Gasteiger partial charge is 0.326 e. The molecule has 0 radical (unpaired) electrons. The highest BCUT2D eigenvalue weighted by molar-refractivity contribution is 6.05. The topological polar surface area (TPSA) is 108 Å². The predicted molar refractivity (Wildman–Crippen MR) is 145 cm³/mol. The highest BCUT2D eigenvalue weighted by Crippen LogP contribution is 2.66. The molecule has 0 heterocycles. The van der Waals surface area contributed by atoms with E-state index in [1.54, 1.807) is 0 Å². The number of aliphatic hydroxyl groups is 1. The van der Waals surface area contributed by atoms with Crippen molar-refractivity contribution in [1.29, 1.82) is 0 Å². The number of fused-ring (bicyclic) bond motifs is 5. The fourth-order valence-corrected chi connectivity index (χ4v) is 7.96. The Hall–Kier alpha value is -2.93. The number of nitrogens with zero attached hydrogens (tertiary/aromatic N) is 1. The van der Waals surface area contributed by atoms with Gasteiger partial charge in [0.1, 0.15) is 11.8 Å². The SMILES string of the molecule is C[C@]12C=C/C(=N/OCC(=O)N[C@H](Cc3ccccc3)C(=O)O)C=C1CC[C@@H]1[C@H]2CC[C@@]2(C)[C@@H]1CC[C@]2(C)O. The van der Waals surface area contributed by atoms with Gasteiger partial charge in [-0.05, 0) is 86.3 Å². The summed E-state index contributed by atoms with van der Waals surface area (Å²) in [5.41, 5.74) is 2.27. The van der Waals surface area contributed by atoms with Crippen LogP contribution in [0.15, 0.2) is 59.3 Å². The van der Waals surface area contributed by atoms with E-state index in [-0.39, 0.29) is 23.9 Å². The van der Waals surface area contributed by atoms with Gasteiger partial charge in [0.15, 0.2) is 6.61 Å². The number of carboxylic acids is 1. The van der Waals surface area contributed by atoms with Gasteiger partial charge in [0.05, 0.1) is 5.60 Å². The normalized spacial score (nSPS) is 37.4. The number of carbonyl (C=O) groups excluding carboxylic acids is 1. The summed E-state index contributed by atoms with van der Waals surface area (Å²) in [6.07, 6.45) is 12.8. The van der Waals surface area contributed by atoms with Crippen LogP contribution in [0.25, 0.3) is 0 Å². The average Bonchev–Trinajstić information content (AvgIpc) is 3.13. The lowest BCUT2D eigenvalue weighted by Gasteiger charge is -2.58. The number of nitrogens with one attached hydrogen (secondary N) is 1. The molecular formula is C31H40N2O5. The van der Waals surface area contributed by atoms with Crippen molar-refractivity contribution in [3.63, 3.8) is 0 Å². The van der Waals surface area contributed by atoms with E-state index in [2.05, 4.69) is 36.5 Å². The van der Waals surface area contributed by atoms with Crippen molar-refractivity contribution in [3.8, 4) is 0 Å². The molecule has 0 bridgehead atoms. The number of carbonyl (C=O) groups is 2. The Kier molecular flexibility index (Phi) is 7.01. The highest BCUT2D eigenvalue weighted by Gasteiger charge is 2.61. The minimum absolute atomic E-state index is 0.00585. The van der Waals surface area contributed by atoms with Crippen LogP contribution in [-0.4, -0.2) is 46.1 Å². The molecule has 1 amide bonds. The van der Waals surface area contributed by atoms with Crippen LogP contribution in [0.2, 0.25) is 0 Å². The van der Waals surface area contributed by atoms with Gasteiger partial charge in [0.2, 0.25) is 0 Å². The molecule has 3 N–H and O–H groups in total. The van der Waals surface area contributed by atoms with Crippen LogP contribution in [0.1, 0.15) is 64.9 Å². The highest BCUT2D eigenvalue weighted by atomic mass is 16.6. The van der Waals surface area contributed by atoms with Gasteiger partial charge >= 0.3 is 5.97 Å². The molecule has 4 aliphatic carbocycles. The van der Waals surface area contributed by atoms with E-state index >= 15 is 0 Å². The lowest BCUT2D eigenvalue weighted by molar-refractivity contribution is -0.142. The third-order valence-corrected chi connectivity index (χ3v) is 10.4. The Labute approximate surface area is 225 Å². The van der Waals surface area contributed by atoms with Gasteiger partial charge in [-0.25, -0.2) is 4.79 Å². The van der Waals surface area contributed by atoms with Crippen LogP contribution in [0.3, 0.4) is 0 Å². The van der Waals surface area contributed by atoms with Crippen LogP contribution in [0, 0.1) is 28.6 Å². The summed E-state index contributed by atoms with van der Waals surface area (Å²) in [6.45, 7) is 6.34. The third kappa shape index (κ3) is 4.70. The third-order valence-electron chi connectivity index (χ3n) is 10.4. The van der Waals surface area contributed by atoms with Crippen LogP contribution in [0.4, 0.5) is 0 Å². The zero-order valence-electron chi connectivity index (χ0n) is 22.7. The predicted octanol–water partition coefficient (Wildman–Crippen LogP) is 4.66. The maximum Gasteiger partial charge on any atom is 0.326 e. The summed E-state index contributed by atoms with van der Waals surface area (Å²) in [5, 5.41) is 27.3. The van der Waals surface area contributed by atoms with Gasteiger partial charge in [0.25, 0.3) is 5.91 Å². The summed E-state index contributed by atoms with van der Waals surface area (Å²) in [6, 6.07) is 8.16. The largest absolute Gasteiger partial charge is 0.480 e. The molecule has 0 spiro atoms. The second kappa shape index (κ2) is 9.99.